The van der Waals surface area contributed by atoms with E-state index >= 15 is 0 Å². The van der Waals surface area contributed by atoms with Gasteiger partial charge in [-0.1, -0.05) is 25.7 Å². The van der Waals surface area contributed by atoms with Crippen molar-refractivity contribution < 1.29 is 19.5 Å². The lowest BCUT2D eigenvalue weighted by atomic mass is 9.82. The van der Waals surface area contributed by atoms with Crippen molar-refractivity contribution in [1.82, 2.24) is 4.90 Å². The second-order valence-corrected chi connectivity index (χ2v) is 13.9. The molecule has 0 spiro atoms. The Morgan fingerprint density at radius 3 is 2.38 bits per heavy atom. The standard InChI is InChI=1S/C29H42N2O4S2/c1-7-23(27(33)30(6)17-20-13-15-36-18-20)31(26(32)21-10-8-19(2)9-11-21)24-16-22(12-14-29(3,4)5)37-25(24)28(34)35/h16,19-21,23H,7-11,13,15,17-18H2,1-6H3,(H,34,35)/t19?,20?,21?,23-/m0/s1. The molecule has 1 unspecified atom stereocenters. The van der Waals surface area contributed by atoms with Gasteiger partial charge in [-0.25, -0.2) is 4.79 Å². The van der Waals surface area contributed by atoms with Crippen LogP contribution >= 0.6 is 23.1 Å². The van der Waals surface area contributed by atoms with E-state index in [1.807, 2.05) is 46.5 Å². The van der Waals surface area contributed by atoms with Gasteiger partial charge >= 0.3 is 5.97 Å². The minimum absolute atomic E-state index is 0.0665. The molecule has 1 saturated carbocycles. The molecule has 1 N–H and O–H groups in total. The van der Waals surface area contributed by atoms with E-state index in [1.54, 1.807) is 11.0 Å². The Hall–Kier alpha value is -1.98. The molecule has 1 aliphatic heterocycles. The van der Waals surface area contributed by atoms with Crippen molar-refractivity contribution in [3.63, 3.8) is 0 Å². The predicted octanol–water partition coefficient (Wildman–Crippen LogP) is 5.99. The van der Waals surface area contributed by atoms with E-state index in [0.29, 0.717) is 35.4 Å². The van der Waals surface area contributed by atoms with Gasteiger partial charge in [-0.3, -0.25) is 14.5 Å². The summed E-state index contributed by atoms with van der Waals surface area (Å²) in [6, 6.07) is 0.960. The number of rotatable bonds is 8. The third kappa shape index (κ3) is 7.77. The minimum atomic E-state index is -1.10. The zero-order valence-corrected chi connectivity index (χ0v) is 24.8. The number of hydrogen-bond acceptors (Lipinski definition) is 5. The van der Waals surface area contributed by atoms with E-state index in [1.165, 1.54) is 4.90 Å². The van der Waals surface area contributed by atoms with Crippen LogP contribution in [0, 0.1) is 35.0 Å². The molecular weight excluding hydrogens is 504 g/mol. The van der Waals surface area contributed by atoms with Crippen molar-refractivity contribution in [2.24, 2.45) is 23.2 Å². The lowest BCUT2D eigenvalue weighted by molar-refractivity contribution is -0.135. The van der Waals surface area contributed by atoms with Gasteiger partial charge in [0, 0.05) is 24.9 Å². The molecule has 0 bridgehead atoms. The van der Waals surface area contributed by atoms with Crippen LogP contribution < -0.4 is 4.90 Å². The van der Waals surface area contributed by atoms with Crippen molar-refractivity contribution >= 4 is 46.6 Å². The molecule has 0 aromatic carbocycles. The van der Waals surface area contributed by atoms with E-state index in [4.69, 9.17) is 0 Å². The van der Waals surface area contributed by atoms with Gasteiger partial charge in [0.25, 0.3) is 0 Å². The van der Waals surface area contributed by atoms with Gasteiger partial charge in [0.05, 0.1) is 10.6 Å². The Kier molecular flexibility index (Phi) is 10.2. The number of carboxylic acid groups (broad SMARTS) is 1. The number of carboxylic acids is 1. The number of nitrogens with zero attached hydrogens (tertiary/aromatic N) is 2. The number of hydrogen-bond donors (Lipinski definition) is 1. The van der Waals surface area contributed by atoms with Crippen LogP contribution in [0.15, 0.2) is 6.07 Å². The van der Waals surface area contributed by atoms with Crippen molar-refractivity contribution in [3.8, 4) is 11.8 Å². The highest BCUT2D eigenvalue weighted by Crippen LogP contribution is 2.37. The van der Waals surface area contributed by atoms with Gasteiger partial charge in [-0.15, -0.1) is 11.3 Å². The molecule has 2 atom stereocenters. The number of carbonyl (C=O) groups excluding carboxylic acids is 2. The van der Waals surface area contributed by atoms with Crippen LogP contribution in [0.3, 0.4) is 0 Å². The molecule has 2 aliphatic rings. The molecule has 2 heterocycles. The average molecular weight is 547 g/mol. The summed E-state index contributed by atoms with van der Waals surface area (Å²) >= 11 is 2.99. The molecule has 2 amide bonds. The first kappa shape index (κ1) is 29.6. The molecule has 6 nitrogen and oxygen atoms in total. The van der Waals surface area contributed by atoms with Gasteiger partial charge in [0.2, 0.25) is 11.8 Å². The summed E-state index contributed by atoms with van der Waals surface area (Å²) in [6.07, 6.45) is 4.96. The highest BCUT2D eigenvalue weighted by Gasteiger charge is 2.39. The maximum Gasteiger partial charge on any atom is 0.348 e. The van der Waals surface area contributed by atoms with Crippen LogP contribution in [0.5, 0.6) is 0 Å². The molecule has 8 heteroatoms. The molecular formula is C29H42N2O4S2. The first-order chi connectivity index (χ1) is 17.4. The van der Waals surface area contributed by atoms with Crippen LogP contribution in [0.25, 0.3) is 0 Å². The molecule has 204 valence electrons. The number of carbonyl (C=O) groups is 3. The molecule has 3 rings (SSSR count). The number of thioether (sulfide) groups is 1. The maximum atomic E-state index is 14.1. The molecule has 0 radical (unpaired) electrons. The highest BCUT2D eigenvalue weighted by atomic mass is 32.2. The highest BCUT2D eigenvalue weighted by molar-refractivity contribution is 7.99. The average Bonchev–Trinajstić information content (AvgIpc) is 3.50. The number of anilines is 1. The Labute approximate surface area is 230 Å². The van der Waals surface area contributed by atoms with Gasteiger partial charge in [0.15, 0.2) is 0 Å². The smallest absolute Gasteiger partial charge is 0.348 e. The fourth-order valence-corrected chi connectivity index (χ4v) is 7.21. The Balaban J connectivity index is 2.03. The van der Waals surface area contributed by atoms with Gasteiger partial charge < -0.3 is 10.0 Å². The fraction of sp³-hybridized carbons (Fsp3) is 0.690. The van der Waals surface area contributed by atoms with Gasteiger partial charge in [-0.2, -0.15) is 11.8 Å². The Bertz CT molecular complexity index is 1030. The number of thiophene rings is 1. The molecule has 2 fully saturated rings. The van der Waals surface area contributed by atoms with Crippen molar-refractivity contribution in [2.45, 2.75) is 79.2 Å². The molecule has 1 aromatic heterocycles. The molecule has 1 saturated heterocycles. The zero-order chi connectivity index (χ0) is 27.3. The predicted molar refractivity (Wildman–Crippen MR) is 153 cm³/mol. The van der Waals surface area contributed by atoms with Gasteiger partial charge in [-0.05, 0) is 88.7 Å². The largest absolute Gasteiger partial charge is 0.477 e. The quantitative estimate of drug-likeness (QED) is 0.405. The maximum absolute atomic E-state index is 14.1. The van der Waals surface area contributed by atoms with Crippen LogP contribution in [-0.2, 0) is 9.59 Å². The summed E-state index contributed by atoms with van der Waals surface area (Å²) in [5.74, 6) is 7.90. The number of amides is 2. The summed E-state index contributed by atoms with van der Waals surface area (Å²) in [5, 5.41) is 10.1. The topological polar surface area (TPSA) is 77.9 Å². The zero-order valence-electron chi connectivity index (χ0n) is 23.1. The van der Waals surface area contributed by atoms with E-state index in [-0.39, 0.29) is 28.0 Å². The van der Waals surface area contributed by atoms with E-state index in [0.717, 1.165) is 54.9 Å². The van der Waals surface area contributed by atoms with Crippen molar-refractivity contribution in [3.05, 3.63) is 15.8 Å². The molecule has 1 aliphatic carbocycles. The van der Waals surface area contributed by atoms with Crippen LogP contribution in [0.4, 0.5) is 5.69 Å². The molecule has 1 aromatic rings. The normalized spacial score (nSPS) is 22.6. The van der Waals surface area contributed by atoms with Gasteiger partial charge in [0.1, 0.15) is 10.9 Å². The first-order valence-electron chi connectivity index (χ1n) is 13.5. The third-order valence-corrected chi connectivity index (χ3v) is 9.50. The SMILES string of the molecule is CC[C@@H](C(=O)N(C)CC1CCSC1)N(C(=O)C1CCC(C)CC1)c1cc(C#CC(C)(C)C)sc1C(=O)O. The monoisotopic (exact) mass is 546 g/mol. The van der Waals surface area contributed by atoms with E-state index in [9.17, 15) is 19.5 Å². The number of aromatic carboxylic acids is 1. The fourth-order valence-electron chi connectivity index (χ4n) is 5.09. The second kappa shape index (κ2) is 12.7. The second-order valence-electron chi connectivity index (χ2n) is 11.7. The molecule has 37 heavy (non-hydrogen) atoms. The summed E-state index contributed by atoms with van der Waals surface area (Å²) in [6.45, 7) is 10.8. The third-order valence-electron chi connectivity index (χ3n) is 7.25. The van der Waals surface area contributed by atoms with Crippen LogP contribution in [0.2, 0.25) is 0 Å². The van der Waals surface area contributed by atoms with Crippen LogP contribution in [-0.4, -0.2) is 58.9 Å². The number of likely N-dealkylation sites (N-methyl/N-ethyl adjacent to an activating group) is 1. The van der Waals surface area contributed by atoms with E-state index in [2.05, 4.69) is 18.8 Å². The summed E-state index contributed by atoms with van der Waals surface area (Å²) in [5.41, 5.74) is 0.0645. The Morgan fingerprint density at radius 1 is 1.16 bits per heavy atom. The summed E-state index contributed by atoms with van der Waals surface area (Å²) in [7, 11) is 1.81. The summed E-state index contributed by atoms with van der Waals surface area (Å²) in [4.78, 5) is 44.2. The Morgan fingerprint density at radius 2 is 1.84 bits per heavy atom. The van der Waals surface area contributed by atoms with Crippen LogP contribution in [0.1, 0.15) is 87.7 Å². The van der Waals surface area contributed by atoms with E-state index < -0.39 is 12.0 Å². The summed E-state index contributed by atoms with van der Waals surface area (Å²) < 4.78 is 0. The van der Waals surface area contributed by atoms with Crippen molar-refractivity contribution in [1.29, 1.82) is 0 Å². The minimum Gasteiger partial charge on any atom is -0.477 e. The lowest BCUT2D eigenvalue weighted by Crippen LogP contribution is -2.53. The first-order valence-corrected chi connectivity index (χ1v) is 15.4. The van der Waals surface area contributed by atoms with Crippen molar-refractivity contribution in [2.75, 3.05) is 30.0 Å². The lowest BCUT2D eigenvalue weighted by Gasteiger charge is -2.37.